The van der Waals surface area contributed by atoms with Gasteiger partial charge in [0.05, 0.1) is 24.8 Å². The fraction of sp³-hybridized carbons (Fsp3) is 0.535. The van der Waals surface area contributed by atoms with Crippen LogP contribution in [0.3, 0.4) is 0 Å². The fourth-order valence-corrected chi connectivity index (χ4v) is 19.1. The molecular formula is C99H140BN21O23S. The highest BCUT2D eigenvalue weighted by molar-refractivity contribution is 8.00. The minimum atomic E-state index is -1.88. The third-order valence-corrected chi connectivity index (χ3v) is 27.2. The topological polar surface area (TPSA) is 656 Å². The molecule has 0 saturated carbocycles. The van der Waals surface area contributed by atoms with Crippen molar-refractivity contribution in [1.82, 2.24) is 92.5 Å². The number of carboxylic acid groups (broad SMARTS) is 1. The van der Waals surface area contributed by atoms with Gasteiger partial charge in [-0.25, -0.2) is 0 Å². The summed E-state index contributed by atoms with van der Waals surface area (Å²) in [6.07, 6.45) is 0.571. The summed E-state index contributed by atoms with van der Waals surface area (Å²) < 4.78 is 1.44. The van der Waals surface area contributed by atoms with Crippen molar-refractivity contribution in [2.24, 2.45) is 29.0 Å². The number of unbranched alkanes of at least 4 members (excludes halogenated alkanes) is 2. The second kappa shape index (κ2) is 54.4. The van der Waals surface area contributed by atoms with Gasteiger partial charge in [-0.1, -0.05) is 140 Å². The van der Waals surface area contributed by atoms with Crippen molar-refractivity contribution in [3.63, 3.8) is 0 Å². The predicted molar refractivity (Wildman–Crippen MR) is 538 cm³/mol. The highest BCUT2D eigenvalue weighted by Crippen LogP contribution is 2.29. The number of aliphatic hydroxyl groups excluding tert-OH is 1. The van der Waals surface area contributed by atoms with Crippen LogP contribution in [0.4, 0.5) is 0 Å². The molecule has 4 aromatic carbocycles. The van der Waals surface area contributed by atoms with E-state index in [4.69, 9.17) is 17.2 Å². The van der Waals surface area contributed by atoms with Crippen molar-refractivity contribution in [2.45, 2.75) is 262 Å². The first-order valence-electron chi connectivity index (χ1n) is 49.0. The molecule has 3 saturated heterocycles. The van der Waals surface area contributed by atoms with Crippen LogP contribution in [0.2, 0.25) is 0 Å². The number of primary amides is 2. The monoisotopic (exact) mass is 2030 g/mol. The summed E-state index contributed by atoms with van der Waals surface area (Å²) in [4.78, 5) is 274. The number of aliphatic carboxylic acids is 1. The van der Waals surface area contributed by atoms with Gasteiger partial charge in [-0.05, 0) is 129 Å². The van der Waals surface area contributed by atoms with Gasteiger partial charge in [0.1, 0.15) is 96.9 Å². The molecular weight excluding hydrogens is 1890 g/mol. The molecule has 3 aliphatic heterocycles. The second-order valence-electron chi connectivity index (χ2n) is 38.3. The Morgan fingerprint density at radius 1 is 0.566 bits per heavy atom. The number of phenolic OH excluding ortho intramolecular Hbond substituents is 1. The van der Waals surface area contributed by atoms with Crippen molar-refractivity contribution in [3.8, 4) is 5.75 Å². The maximum Gasteiger partial charge on any atom is 0.488 e. The Balaban J connectivity index is 1.13. The Morgan fingerprint density at radius 3 is 1.78 bits per heavy atom. The van der Waals surface area contributed by atoms with Crippen LogP contribution in [0, 0.1) is 18.8 Å². The average Bonchev–Trinajstić information content (AvgIpc) is 1.63. The number of phenols is 1. The number of nitrogens with one attached hydrogen (secondary N) is 12. The summed E-state index contributed by atoms with van der Waals surface area (Å²) in [5, 5.41) is 83.6. The lowest BCUT2D eigenvalue weighted by molar-refractivity contribution is -0.149. The summed E-state index contributed by atoms with van der Waals surface area (Å²) in [5.74, 6) is -19.2. The first kappa shape index (κ1) is 115. The standard InChI is InChI=1S/C99H140BN21O23S/c1-12-14-24-78-92(135)109-69(37-54(3)4)89(132)115-76(87(130)106-48-83(103)125)52-145-53-84(126)107-72(40-58-30-32-62(122)33-31-58)95(138)116(9)57(8)86(129)111-74(44-82(102)124)97(140)120-36-20-27-79(120)93(136)114-75(47-104-45-59-29-28-56(7)66(39-59)100(143)144)91(134)112-71(38-55(5)6)98(141)121-50-63(123)43-81(121)94(137)110-70(41-60-46-105-67-23-18-16-21-64(60)67)90(133)108-68(34-35-101)88(131)113-73(96(139)118(11)80(25-15-13-2)99(142)117(78)10)42-61-49-119(51-85(127)128)77-26-19-17-22-65(61)77/h16-19,21-23,26,28-33,39,46,49,54-55,57,63,68-76,78-81,104-105,122-123,143-144H,12-15,20,24-25,27,34-38,40-45,47-48,50-53,101H2,1-11H3,(H2,102,124)(H2,103,125)(H,106,130)(H,107,126)(H,108,133)(H,109,135)(H,110,137)(H,111,129)(H,112,134)(H,113,131)(H,114,136)(H,115,132)(H,127,128)/t57-,63+,68-,69-,70-,71-,72-,73-,74-,75-,76-,78-,79-,80-,81-/m0/s1. The Labute approximate surface area is 845 Å². The molecule has 0 bridgehead atoms. The number of hydrogen-bond acceptors (Lipinski definition) is 25. The number of fused-ring (bicyclic) bond motifs is 4. The normalized spacial score (nSPS) is 23.9. The van der Waals surface area contributed by atoms with Crippen LogP contribution in [-0.2, 0) is 119 Å². The van der Waals surface area contributed by atoms with E-state index in [1.54, 1.807) is 101 Å². The third-order valence-electron chi connectivity index (χ3n) is 26.1. The molecule has 6 aromatic rings. The zero-order valence-electron chi connectivity index (χ0n) is 83.8. The number of rotatable bonds is 30. The number of aromatic nitrogens is 2. The number of thioether (sulfide) groups is 1. The van der Waals surface area contributed by atoms with Gasteiger partial charge in [0, 0.05) is 113 Å². The molecule has 0 unspecified atom stereocenters. The van der Waals surface area contributed by atoms with Crippen LogP contribution in [-0.4, -0.2) is 329 Å². The number of benzene rings is 4. The van der Waals surface area contributed by atoms with Crippen LogP contribution in [0.5, 0.6) is 5.75 Å². The van der Waals surface area contributed by atoms with Gasteiger partial charge < -0.3 is 135 Å². The Hall–Kier alpha value is -13.6. The van der Waals surface area contributed by atoms with E-state index < -0.39 is 261 Å². The number of nitrogens with two attached hydrogens (primary N) is 3. The smallest absolute Gasteiger partial charge is 0.488 e. The minimum absolute atomic E-state index is 0.00729. The quantitative estimate of drug-likeness (QED) is 0.0209. The number of carbonyl (C=O) groups is 18. The van der Waals surface area contributed by atoms with E-state index in [0.717, 1.165) is 36.3 Å². The second-order valence-corrected chi connectivity index (χ2v) is 39.3. The predicted octanol–water partition coefficient (Wildman–Crippen LogP) is -2.42. The van der Waals surface area contributed by atoms with E-state index in [1.165, 1.54) is 69.2 Å². The molecule has 46 heteroatoms. The highest BCUT2D eigenvalue weighted by atomic mass is 32.2. The van der Waals surface area contributed by atoms with E-state index in [-0.39, 0.29) is 101 Å². The molecule has 9 rings (SSSR count). The summed E-state index contributed by atoms with van der Waals surface area (Å²) in [5.41, 5.74) is 21.0. The zero-order chi connectivity index (χ0) is 106. The summed E-state index contributed by atoms with van der Waals surface area (Å²) in [7, 11) is 2.02. The number of carbonyl (C=O) groups excluding carboxylic acids is 17. The Morgan fingerprint density at radius 2 is 1.12 bits per heavy atom. The maximum absolute atomic E-state index is 16.1. The number of para-hydroxylation sites is 2. The molecule has 145 heavy (non-hydrogen) atoms. The largest absolute Gasteiger partial charge is 0.508 e. The summed E-state index contributed by atoms with van der Waals surface area (Å²) >= 11 is 0.777. The van der Waals surface area contributed by atoms with Crippen molar-refractivity contribution >= 4 is 153 Å². The molecule has 2 aromatic heterocycles. The Bertz CT molecular complexity index is 5630. The number of aromatic amines is 1. The van der Waals surface area contributed by atoms with Crippen LogP contribution >= 0.6 is 11.8 Å². The van der Waals surface area contributed by atoms with E-state index in [1.807, 2.05) is 13.8 Å². The molecule has 3 fully saturated rings. The number of carboxylic acids is 1. The third kappa shape index (κ3) is 32.2. The molecule has 5 heterocycles. The first-order chi connectivity index (χ1) is 68.8. The highest BCUT2D eigenvalue weighted by Gasteiger charge is 2.47. The number of hydrogen-bond donors (Lipinski definition) is 20. The van der Waals surface area contributed by atoms with E-state index in [2.05, 4.69) is 63.5 Å². The zero-order valence-corrected chi connectivity index (χ0v) is 84.6. The van der Waals surface area contributed by atoms with Gasteiger partial charge in [0.2, 0.25) is 100 Å². The number of aromatic hydroxyl groups is 1. The van der Waals surface area contributed by atoms with Gasteiger partial charge >= 0.3 is 13.1 Å². The van der Waals surface area contributed by atoms with Gasteiger partial charge in [-0.2, -0.15) is 0 Å². The van der Waals surface area contributed by atoms with Crippen LogP contribution < -0.4 is 81.1 Å². The number of likely N-dealkylation sites (N-methyl/N-ethyl adjacent to an activating group) is 3. The lowest BCUT2D eigenvalue weighted by atomic mass is 9.76. The Kier molecular flexibility index (Phi) is 43.1. The lowest BCUT2D eigenvalue weighted by Crippen LogP contribution is -2.62. The molecule has 15 atom stereocenters. The van der Waals surface area contributed by atoms with Crippen LogP contribution in [0.15, 0.2) is 103 Å². The summed E-state index contributed by atoms with van der Waals surface area (Å²) in [6, 6.07) is 2.14. The summed E-state index contributed by atoms with van der Waals surface area (Å²) in [6.45, 7) is 10.9. The number of aryl methyl sites for hydroxylation is 1. The minimum Gasteiger partial charge on any atom is -0.508 e. The molecule has 0 aliphatic carbocycles. The molecule has 23 N–H and O–H groups in total. The van der Waals surface area contributed by atoms with Crippen molar-refractivity contribution < 1.29 is 112 Å². The van der Waals surface area contributed by atoms with Gasteiger partial charge in [-0.15, -0.1) is 11.8 Å². The maximum atomic E-state index is 16.1. The number of amides is 17. The SMILES string of the molecule is CCCC[C@H]1C(=O)N(C)[C@@H](CCCC)C(=O)N[C@@H](CC(C)C)C(=O)N[C@H](C(=O)NCC(N)=O)CSCC(=O)N[C@@H](Cc2ccc(O)cc2)C(=O)N(C)[C@@H](C)C(=O)N[C@@H](CC(N)=O)C(=O)N2CCC[C@H]2C(=O)N[C@@H](CNCc2ccc(C)c(B(O)O)c2)C(=O)N[C@@H](CC(C)C)C(=O)N2C[C@H](O)C[C@H]2C(=O)N[C@@H](Cc2c[nH]c3ccccc23)C(=O)N[C@@H](CCN)C(=O)N[C@@H](Cc2cn(CC(=O)O)c3ccccc23)C(=O)N1C. The molecule has 788 valence electrons. The molecule has 3 aliphatic rings. The molecule has 0 radical (unpaired) electrons. The molecule has 0 spiro atoms. The van der Waals surface area contributed by atoms with E-state index in [9.17, 15) is 63.7 Å². The fourth-order valence-electron chi connectivity index (χ4n) is 18.2. The van der Waals surface area contributed by atoms with Gasteiger partial charge in [0.15, 0.2) is 0 Å². The van der Waals surface area contributed by atoms with Crippen LogP contribution in [0.25, 0.3) is 21.8 Å². The number of aliphatic hydroxyl groups is 1. The van der Waals surface area contributed by atoms with Crippen molar-refractivity contribution in [2.75, 3.05) is 65.4 Å². The molecule has 44 nitrogen and oxygen atoms in total. The molecule has 17 amide bonds. The van der Waals surface area contributed by atoms with Crippen molar-refractivity contribution in [3.05, 3.63) is 131 Å². The number of nitrogens with zero attached hydrogens (tertiary/aromatic N) is 6. The number of H-pyrrole nitrogens is 1. The average molecular weight is 2040 g/mol. The lowest BCUT2D eigenvalue weighted by Gasteiger charge is -2.36. The van der Waals surface area contributed by atoms with E-state index in [0.29, 0.717) is 75.3 Å². The van der Waals surface area contributed by atoms with E-state index >= 15 is 47.9 Å². The van der Waals surface area contributed by atoms with Gasteiger partial charge in [-0.3, -0.25) is 86.3 Å². The van der Waals surface area contributed by atoms with Crippen LogP contribution in [0.1, 0.15) is 160 Å². The van der Waals surface area contributed by atoms with Crippen molar-refractivity contribution in [1.29, 1.82) is 0 Å². The first-order valence-corrected chi connectivity index (χ1v) is 50.2. The van der Waals surface area contributed by atoms with Gasteiger partial charge in [0.25, 0.3) is 0 Å².